The van der Waals surface area contributed by atoms with Crippen molar-refractivity contribution >= 4 is 11.6 Å². The molecule has 2 aliphatic rings. The summed E-state index contributed by atoms with van der Waals surface area (Å²) >= 11 is 0. The Balaban J connectivity index is 1.42. The molecule has 2 aromatic heterocycles. The van der Waals surface area contributed by atoms with Crippen LogP contribution in [0.5, 0.6) is 0 Å². The predicted molar refractivity (Wildman–Crippen MR) is 85.1 cm³/mol. The average Bonchev–Trinajstić information content (AvgIpc) is 3.11. The molecule has 6 nitrogen and oxygen atoms in total. The number of piperidine rings is 1. The number of hydrogen-bond donors (Lipinski definition) is 0. The third kappa shape index (κ3) is 2.83. The monoisotopic (exact) mass is 314 g/mol. The quantitative estimate of drug-likeness (QED) is 0.849. The Morgan fingerprint density at radius 3 is 2.83 bits per heavy atom. The molecule has 0 spiro atoms. The van der Waals surface area contributed by atoms with Crippen molar-refractivity contribution in [3.63, 3.8) is 0 Å². The fraction of sp³-hybridized carbons (Fsp3) is 0.588. The topological polar surface area (TPSA) is 59.7 Å². The van der Waals surface area contributed by atoms with Gasteiger partial charge in [0.1, 0.15) is 0 Å². The molecule has 6 heteroatoms. The first-order valence-electron chi connectivity index (χ1n) is 8.48. The van der Waals surface area contributed by atoms with Crippen LogP contribution in [0.25, 0.3) is 5.65 Å². The van der Waals surface area contributed by atoms with Crippen molar-refractivity contribution in [3.05, 3.63) is 30.2 Å². The van der Waals surface area contributed by atoms with Crippen LogP contribution in [0.2, 0.25) is 0 Å². The fourth-order valence-corrected chi connectivity index (χ4v) is 3.75. The van der Waals surface area contributed by atoms with Crippen molar-refractivity contribution in [2.24, 2.45) is 5.92 Å². The molecule has 2 fully saturated rings. The minimum absolute atomic E-state index is 0.0686. The summed E-state index contributed by atoms with van der Waals surface area (Å²) in [5.74, 6) is 0.785. The predicted octanol–water partition coefficient (Wildman–Crippen LogP) is 1.86. The number of amides is 1. The minimum atomic E-state index is 0.0686. The van der Waals surface area contributed by atoms with Gasteiger partial charge in [-0.15, -0.1) is 0 Å². The normalized spacial score (nSPS) is 23.3. The lowest BCUT2D eigenvalue weighted by atomic mass is 9.91. The van der Waals surface area contributed by atoms with E-state index in [1.165, 1.54) is 5.69 Å². The molecule has 0 radical (unpaired) electrons. The second kappa shape index (κ2) is 6.28. The van der Waals surface area contributed by atoms with Crippen LogP contribution in [-0.2, 0) is 9.53 Å². The number of likely N-dealkylation sites (tertiary alicyclic amines) is 1. The van der Waals surface area contributed by atoms with Crippen LogP contribution < -0.4 is 0 Å². The van der Waals surface area contributed by atoms with Gasteiger partial charge < -0.3 is 9.64 Å². The number of rotatable bonds is 2. The first-order valence-corrected chi connectivity index (χ1v) is 8.48. The summed E-state index contributed by atoms with van der Waals surface area (Å²) in [5.41, 5.74) is 2.09. The van der Waals surface area contributed by atoms with E-state index in [1.807, 2.05) is 21.7 Å². The zero-order valence-corrected chi connectivity index (χ0v) is 13.2. The molecule has 4 heterocycles. The summed E-state index contributed by atoms with van der Waals surface area (Å²) < 4.78 is 7.39. The van der Waals surface area contributed by atoms with Gasteiger partial charge in [0.2, 0.25) is 5.91 Å². The number of carbonyl (C=O) groups excluding carboxylic acids is 1. The van der Waals surface area contributed by atoms with Gasteiger partial charge in [-0.3, -0.25) is 4.79 Å². The molecular weight excluding hydrogens is 292 g/mol. The molecule has 0 aliphatic carbocycles. The summed E-state index contributed by atoms with van der Waals surface area (Å²) in [5, 5.41) is 4.38. The van der Waals surface area contributed by atoms with Crippen LogP contribution in [0, 0.1) is 5.92 Å². The van der Waals surface area contributed by atoms with Crippen LogP contribution in [0.1, 0.15) is 37.3 Å². The lowest BCUT2D eigenvalue weighted by molar-refractivity contribution is -0.140. The van der Waals surface area contributed by atoms with Crippen molar-refractivity contribution in [2.45, 2.75) is 31.6 Å². The Morgan fingerprint density at radius 2 is 2.04 bits per heavy atom. The fourth-order valence-electron chi connectivity index (χ4n) is 3.75. The van der Waals surface area contributed by atoms with Crippen molar-refractivity contribution in [1.82, 2.24) is 19.5 Å². The second-order valence-electron chi connectivity index (χ2n) is 6.48. The van der Waals surface area contributed by atoms with Crippen LogP contribution in [0.15, 0.2) is 24.5 Å². The van der Waals surface area contributed by atoms with E-state index in [2.05, 4.69) is 16.1 Å². The van der Waals surface area contributed by atoms with E-state index in [0.29, 0.717) is 12.5 Å². The van der Waals surface area contributed by atoms with E-state index in [-0.39, 0.29) is 11.8 Å². The van der Waals surface area contributed by atoms with E-state index in [1.54, 1.807) is 6.20 Å². The lowest BCUT2D eigenvalue weighted by Crippen LogP contribution is -2.43. The van der Waals surface area contributed by atoms with Crippen molar-refractivity contribution < 1.29 is 9.53 Å². The lowest BCUT2D eigenvalue weighted by Gasteiger charge is -2.35. The molecule has 0 saturated carbocycles. The summed E-state index contributed by atoms with van der Waals surface area (Å²) in [6.07, 6.45) is 7.57. The van der Waals surface area contributed by atoms with Gasteiger partial charge in [0.05, 0.1) is 18.7 Å². The van der Waals surface area contributed by atoms with E-state index in [0.717, 1.165) is 51.0 Å². The van der Waals surface area contributed by atoms with E-state index in [9.17, 15) is 4.79 Å². The smallest absolute Gasteiger partial charge is 0.228 e. The largest absolute Gasteiger partial charge is 0.381 e. The molecule has 0 unspecified atom stereocenters. The van der Waals surface area contributed by atoms with E-state index >= 15 is 0 Å². The highest BCUT2D eigenvalue weighted by molar-refractivity contribution is 5.79. The highest BCUT2D eigenvalue weighted by atomic mass is 16.5. The first-order chi connectivity index (χ1) is 11.3. The van der Waals surface area contributed by atoms with E-state index in [4.69, 9.17) is 4.74 Å². The summed E-state index contributed by atoms with van der Waals surface area (Å²) in [6, 6.07) is 3.97. The van der Waals surface area contributed by atoms with Gasteiger partial charge in [-0.2, -0.15) is 5.10 Å². The molecule has 23 heavy (non-hydrogen) atoms. The Hall–Kier alpha value is -1.95. The van der Waals surface area contributed by atoms with Gasteiger partial charge in [0, 0.05) is 43.6 Å². The summed E-state index contributed by atoms with van der Waals surface area (Å²) in [7, 11) is 0. The highest BCUT2D eigenvalue weighted by Gasteiger charge is 2.30. The Morgan fingerprint density at radius 1 is 1.17 bits per heavy atom. The third-order valence-electron chi connectivity index (χ3n) is 5.05. The highest BCUT2D eigenvalue weighted by Crippen LogP contribution is 2.29. The van der Waals surface area contributed by atoms with Crippen LogP contribution in [0.4, 0.5) is 0 Å². The maximum Gasteiger partial charge on any atom is 0.228 e. The summed E-state index contributed by atoms with van der Waals surface area (Å²) in [4.78, 5) is 18.9. The molecule has 2 saturated heterocycles. The van der Waals surface area contributed by atoms with Gasteiger partial charge >= 0.3 is 0 Å². The number of fused-ring (bicyclic) bond motifs is 1. The van der Waals surface area contributed by atoms with Gasteiger partial charge in [0.15, 0.2) is 5.65 Å². The molecule has 4 rings (SSSR count). The van der Waals surface area contributed by atoms with Crippen molar-refractivity contribution in [3.8, 4) is 0 Å². The van der Waals surface area contributed by atoms with Crippen LogP contribution >= 0.6 is 0 Å². The molecule has 0 bridgehead atoms. The third-order valence-corrected chi connectivity index (χ3v) is 5.05. The number of carbonyl (C=O) groups is 1. The Kier molecular flexibility index (Phi) is 3.99. The molecule has 0 N–H and O–H groups in total. The maximum atomic E-state index is 12.6. The maximum absolute atomic E-state index is 12.6. The van der Waals surface area contributed by atoms with Crippen molar-refractivity contribution in [1.29, 1.82) is 0 Å². The first kappa shape index (κ1) is 14.6. The van der Waals surface area contributed by atoms with Gasteiger partial charge in [0.25, 0.3) is 0 Å². The standard InChI is InChI=1S/C17H22N4O2/c22-17(14-2-1-11-23-12-14)20-9-5-13(6-10-20)15-3-7-18-16-4-8-19-21(15)16/h3-4,7-8,13-14H,1-2,5-6,9-12H2/t14-/m1/s1. The molecule has 2 aromatic rings. The molecule has 2 aliphatic heterocycles. The molecule has 1 amide bonds. The van der Waals surface area contributed by atoms with Crippen molar-refractivity contribution in [2.75, 3.05) is 26.3 Å². The van der Waals surface area contributed by atoms with Crippen LogP contribution in [0.3, 0.4) is 0 Å². The summed E-state index contributed by atoms with van der Waals surface area (Å²) in [6.45, 7) is 3.04. The second-order valence-corrected chi connectivity index (χ2v) is 6.48. The zero-order valence-electron chi connectivity index (χ0n) is 13.2. The SMILES string of the molecule is O=C([C@@H]1CCCOC1)N1CCC(c2ccnc3ccnn23)CC1. The number of aromatic nitrogens is 3. The molecule has 122 valence electrons. The van der Waals surface area contributed by atoms with Gasteiger partial charge in [-0.25, -0.2) is 9.50 Å². The van der Waals surface area contributed by atoms with E-state index < -0.39 is 0 Å². The van der Waals surface area contributed by atoms with Crippen LogP contribution in [-0.4, -0.2) is 51.7 Å². The number of ether oxygens (including phenoxy) is 1. The Labute approximate surface area is 135 Å². The Bertz CT molecular complexity index is 685. The molecule has 0 aromatic carbocycles. The zero-order chi connectivity index (χ0) is 15.6. The molecular formula is C17H22N4O2. The van der Waals surface area contributed by atoms with Gasteiger partial charge in [-0.05, 0) is 31.7 Å². The number of nitrogens with zero attached hydrogens (tertiary/aromatic N) is 4. The molecule has 1 atom stereocenters. The van der Waals surface area contributed by atoms with Gasteiger partial charge in [-0.1, -0.05) is 0 Å². The minimum Gasteiger partial charge on any atom is -0.381 e. The average molecular weight is 314 g/mol. The number of hydrogen-bond acceptors (Lipinski definition) is 4.